The monoisotopic (exact) mass is 245 g/mol. The van der Waals surface area contributed by atoms with Crippen LogP contribution in [0.5, 0.6) is 0 Å². The van der Waals surface area contributed by atoms with Gasteiger partial charge < -0.3 is 9.84 Å². The van der Waals surface area contributed by atoms with Crippen molar-refractivity contribution < 1.29 is 4.52 Å². The highest BCUT2D eigenvalue weighted by molar-refractivity contribution is 5.18. The molecule has 0 aliphatic rings. The van der Waals surface area contributed by atoms with E-state index >= 15 is 0 Å². The first kappa shape index (κ1) is 12.8. The molecule has 4 nitrogen and oxygen atoms in total. The normalized spacial score (nSPS) is 12.6. The van der Waals surface area contributed by atoms with Gasteiger partial charge in [-0.05, 0) is 25.5 Å². The van der Waals surface area contributed by atoms with Crippen LogP contribution in [0, 0.1) is 0 Å². The molecule has 18 heavy (non-hydrogen) atoms. The Hall–Kier alpha value is -1.68. The molecule has 2 rings (SSSR count). The third kappa shape index (κ3) is 3.40. The van der Waals surface area contributed by atoms with Crippen LogP contribution >= 0.6 is 0 Å². The molecular weight excluding hydrogens is 226 g/mol. The zero-order chi connectivity index (χ0) is 12.8. The maximum Gasteiger partial charge on any atom is 0.243 e. The lowest BCUT2D eigenvalue weighted by molar-refractivity contribution is 0.337. The summed E-state index contributed by atoms with van der Waals surface area (Å²) in [6, 6.07) is 10.3. The van der Waals surface area contributed by atoms with Gasteiger partial charge in [0.05, 0.1) is 6.04 Å². The number of hydrogen-bond donors (Lipinski definition) is 1. The Bertz CT molecular complexity index is 467. The Morgan fingerprint density at radius 2 is 2.06 bits per heavy atom. The zero-order valence-corrected chi connectivity index (χ0v) is 10.9. The van der Waals surface area contributed by atoms with E-state index in [2.05, 4.69) is 34.5 Å². The lowest BCUT2D eigenvalue weighted by Gasteiger charge is -2.06. The molecule has 1 aromatic carbocycles. The minimum absolute atomic E-state index is 0.113. The van der Waals surface area contributed by atoms with Crippen molar-refractivity contribution in [2.24, 2.45) is 0 Å². The highest BCUT2D eigenvalue weighted by Crippen LogP contribution is 2.12. The van der Waals surface area contributed by atoms with Crippen LogP contribution in [0.4, 0.5) is 0 Å². The topological polar surface area (TPSA) is 51.0 Å². The van der Waals surface area contributed by atoms with Gasteiger partial charge >= 0.3 is 0 Å². The number of nitrogens with zero attached hydrogens (tertiary/aromatic N) is 2. The van der Waals surface area contributed by atoms with Crippen molar-refractivity contribution in [1.82, 2.24) is 15.5 Å². The van der Waals surface area contributed by atoms with Crippen molar-refractivity contribution in [3.8, 4) is 0 Å². The molecular formula is C14H19N3O. The van der Waals surface area contributed by atoms with Crippen LogP contribution in [0.25, 0.3) is 0 Å². The molecule has 0 bridgehead atoms. The van der Waals surface area contributed by atoms with Crippen molar-refractivity contribution in [2.45, 2.75) is 32.7 Å². The lowest BCUT2D eigenvalue weighted by atomic mass is 10.1. The second kappa shape index (κ2) is 6.31. The van der Waals surface area contributed by atoms with Gasteiger partial charge in [-0.2, -0.15) is 4.98 Å². The summed E-state index contributed by atoms with van der Waals surface area (Å²) in [5.74, 6) is 1.40. The molecule has 0 amide bonds. The van der Waals surface area contributed by atoms with Crippen LogP contribution in [-0.4, -0.2) is 16.7 Å². The molecule has 1 unspecified atom stereocenters. The van der Waals surface area contributed by atoms with E-state index in [0.717, 1.165) is 18.8 Å². The first-order valence-corrected chi connectivity index (χ1v) is 6.39. The summed E-state index contributed by atoms with van der Waals surface area (Å²) in [6.07, 6.45) is 1.81. The Balaban J connectivity index is 1.98. The van der Waals surface area contributed by atoms with Gasteiger partial charge in [0.25, 0.3) is 0 Å². The molecule has 0 spiro atoms. The minimum atomic E-state index is 0.113. The fraction of sp³-hybridized carbons (Fsp3) is 0.429. The Morgan fingerprint density at radius 1 is 1.28 bits per heavy atom. The van der Waals surface area contributed by atoms with Gasteiger partial charge in [-0.25, -0.2) is 0 Å². The smallest absolute Gasteiger partial charge is 0.243 e. The quantitative estimate of drug-likeness (QED) is 0.850. The summed E-state index contributed by atoms with van der Waals surface area (Å²) in [6.45, 7) is 5.13. The second-order valence-electron chi connectivity index (χ2n) is 4.39. The molecule has 1 aromatic heterocycles. The van der Waals surface area contributed by atoms with Gasteiger partial charge in [-0.1, -0.05) is 42.4 Å². The largest absolute Gasteiger partial charge is 0.338 e. The third-order valence-electron chi connectivity index (χ3n) is 2.76. The molecule has 1 heterocycles. The lowest BCUT2D eigenvalue weighted by Crippen LogP contribution is -2.19. The first-order valence-electron chi connectivity index (χ1n) is 6.39. The number of benzene rings is 1. The van der Waals surface area contributed by atoms with Gasteiger partial charge in [0.15, 0.2) is 5.82 Å². The van der Waals surface area contributed by atoms with Crippen LogP contribution in [0.15, 0.2) is 34.9 Å². The fourth-order valence-corrected chi connectivity index (χ4v) is 1.74. The average Bonchev–Trinajstić information content (AvgIpc) is 2.86. The Morgan fingerprint density at radius 3 is 2.78 bits per heavy atom. The van der Waals surface area contributed by atoms with Gasteiger partial charge in [-0.15, -0.1) is 0 Å². The van der Waals surface area contributed by atoms with E-state index in [-0.39, 0.29) is 6.04 Å². The summed E-state index contributed by atoms with van der Waals surface area (Å²) in [5, 5.41) is 7.34. The van der Waals surface area contributed by atoms with E-state index in [9.17, 15) is 0 Å². The zero-order valence-electron chi connectivity index (χ0n) is 10.9. The van der Waals surface area contributed by atoms with E-state index in [1.807, 2.05) is 25.1 Å². The molecule has 0 radical (unpaired) electrons. The van der Waals surface area contributed by atoms with Gasteiger partial charge in [-0.3, -0.25) is 0 Å². The summed E-state index contributed by atoms with van der Waals surface area (Å²) >= 11 is 0. The standard InChI is InChI=1S/C14H19N3O/c1-3-9-15-11(2)14-16-13(17-18-14)10-12-7-5-4-6-8-12/h4-8,11,15H,3,9-10H2,1-2H3. The number of hydrogen-bond acceptors (Lipinski definition) is 4. The first-order chi connectivity index (χ1) is 8.79. The van der Waals surface area contributed by atoms with E-state index in [1.54, 1.807) is 0 Å². The molecule has 0 aliphatic carbocycles. The molecule has 1 N–H and O–H groups in total. The predicted octanol–water partition coefficient (Wildman–Crippen LogP) is 2.72. The molecule has 96 valence electrons. The van der Waals surface area contributed by atoms with Crippen molar-refractivity contribution in [3.63, 3.8) is 0 Å². The molecule has 0 saturated carbocycles. The average molecular weight is 245 g/mol. The number of nitrogens with one attached hydrogen (secondary N) is 1. The maximum atomic E-state index is 5.27. The van der Waals surface area contributed by atoms with E-state index in [1.165, 1.54) is 5.56 Å². The Labute approximate surface area is 107 Å². The fourth-order valence-electron chi connectivity index (χ4n) is 1.74. The van der Waals surface area contributed by atoms with Crippen LogP contribution in [0.1, 0.15) is 43.6 Å². The van der Waals surface area contributed by atoms with Crippen molar-refractivity contribution in [3.05, 3.63) is 47.6 Å². The van der Waals surface area contributed by atoms with E-state index < -0.39 is 0 Å². The van der Waals surface area contributed by atoms with Crippen LogP contribution in [-0.2, 0) is 6.42 Å². The summed E-state index contributed by atoms with van der Waals surface area (Å²) in [5.41, 5.74) is 1.19. The SMILES string of the molecule is CCCNC(C)c1nc(Cc2ccccc2)no1. The number of rotatable bonds is 6. The second-order valence-corrected chi connectivity index (χ2v) is 4.39. The Kier molecular flexibility index (Phi) is 4.47. The summed E-state index contributed by atoms with van der Waals surface area (Å²) in [4.78, 5) is 4.42. The van der Waals surface area contributed by atoms with Gasteiger partial charge in [0.2, 0.25) is 5.89 Å². The maximum absolute atomic E-state index is 5.27. The van der Waals surface area contributed by atoms with E-state index in [4.69, 9.17) is 4.52 Å². The molecule has 1 atom stereocenters. The van der Waals surface area contributed by atoms with Crippen LogP contribution < -0.4 is 5.32 Å². The van der Waals surface area contributed by atoms with Crippen molar-refractivity contribution in [2.75, 3.05) is 6.54 Å². The van der Waals surface area contributed by atoms with Gasteiger partial charge in [0.1, 0.15) is 0 Å². The van der Waals surface area contributed by atoms with Crippen LogP contribution in [0.3, 0.4) is 0 Å². The van der Waals surface area contributed by atoms with Crippen LogP contribution in [0.2, 0.25) is 0 Å². The third-order valence-corrected chi connectivity index (χ3v) is 2.76. The highest BCUT2D eigenvalue weighted by Gasteiger charge is 2.13. The van der Waals surface area contributed by atoms with Gasteiger partial charge in [0, 0.05) is 6.42 Å². The molecule has 2 aromatic rings. The predicted molar refractivity (Wildman–Crippen MR) is 70.3 cm³/mol. The van der Waals surface area contributed by atoms with Crippen molar-refractivity contribution in [1.29, 1.82) is 0 Å². The van der Waals surface area contributed by atoms with E-state index in [0.29, 0.717) is 12.3 Å². The molecule has 0 fully saturated rings. The van der Waals surface area contributed by atoms with Crippen molar-refractivity contribution >= 4 is 0 Å². The minimum Gasteiger partial charge on any atom is -0.338 e. The molecule has 4 heteroatoms. The molecule has 0 saturated heterocycles. The summed E-state index contributed by atoms with van der Waals surface area (Å²) in [7, 11) is 0. The highest BCUT2D eigenvalue weighted by atomic mass is 16.5. The summed E-state index contributed by atoms with van der Waals surface area (Å²) < 4.78 is 5.27. The molecule has 0 aliphatic heterocycles. The number of aromatic nitrogens is 2.